The van der Waals surface area contributed by atoms with Crippen molar-refractivity contribution in [3.8, 4) is 0 Å². The third-order valence-corrected chi connectivity index (χ3v) is 5.60. The zero-order valence-corrected chi connectivity index (χ0v) is 14.9. The lowest BCUT2D eigenvalue weighted by molar-refractivity contribution is 0.0117. The van der Waals surface area contributed by atoms with E-state index >= 15 is 0 Å². The Morgan fingerprint density at radius 2 is 1.46 bits per heavy atom. The van der Waals surface area contributed by atoms with E-state index in [1.807, 2.05) is 60.7 Å². The molecule has 6 heteroatoms. The first-order valence-electron chi connectivity index (χ1n) is 8.04. The average molecular weight is 349 g/mol. The lowest BCUT2D eigenvalue weighted by Gasteiger charge is -2.27. The molecule has 0 amide bonds. The number of rotatable bonds is 10. The summed E-state index contributed by atoms with van der Waals surface area (Å²) in [7, 11) is -3.41. The van der Waals surface area contributed by atoms with Gasteiger partial charge < -0.3 is 9.05 Å². The molecule has 5 nitrogen and oxygen atoms in total. The molecule has 24 heavy (non-hydrogen) atoms. The summed E-state index contributed by atoms with van der Waals surface area (Å²) >= 11 is 0. The van der Waals surface area contributed by atoms with E-state index in [9.17, 15) is 4.57 Å². The quantitative estimate of drug-likeness (QED) is 0.499. The molecular formula is C18H24NO4P. The third-order valence-electron chi connectivity index (χ3n) is 3.33. The first-order chi connectivity index (χ1) is 11.7. The lowest BCUT2D eigenvalue weighted by Crippen LogP contribution is -2.24. The highest BCUT2D eigenvalue weighted by Gasteiger charge is 2.37. The topological polar surface area (TPSA) is 56.8 Å². The summed E-state index contributed by atoms with van der Waals surface area (Å²) in [6.45, 7) is 4.52. The van der Waals surface area contributed by atoms with Crippen molar-refractivity contribution in [2.45, 2.75) is 26.2 Å². The van der Waals surface area contributed by atoms with Crippen LogP contribution in [0, 0.1) is 0 Å². The molecule has 0 fully saturated rings. The van der Waals surface area contributed by atoms with Gasteiger partial charge in [-0.15, -0.1) is 0 Å². The Morgan fingerprint density at radius 1 is 0.917 bits per heavy atom. The SMILES string of the molecule is CCOP(=O)(OCC)C(NOCc1ccccc1)c1ccccc1. The zero-order chi connectivity index (χ0) is 17.3. The van der Waals surface area contributed by atoms with Gasteiger partial charge in [0.05, 0.1) is 19.8 Å². The van der Waals surface area contributed by atoms with Crippen LogP contribution in [0.25, 0.3) is 0 Å². The van der Waals surface area contributed by atoms with Gasteiger partial charge in [0, 0.05) is 0 Å². The van der Waals surface area contributed by atoms with Gasteiger partial charge in [0.15, 0.2) is 5.78 Å². The molecule has 2 rings (SSSR count). The van der Waals surface area contributed by atoms with Crippen LogP contribution < -0.4 is 5.48 Å². The smallest absolute Gasteiger partial charge is 0.307 e. The fraction of sp³-hybridized carbons (Fsp3) is 0.333. The molecule has 0 aliphatic rings. The Hall–Kier alpha value is -1.49. The van der Waals surface area contributed by atoms with E-state index < -0.39 is 13.4 Å². The second-order valence-electron chi connectivity index (χ2n) is 5.08. The standard InChI is InChI=1S/C18H24NO4P/c1-3-22-24(20,23-4-2)18(17-13-9-6-10-14-17)19-21-15-16-11-7-5-8-12-16/h5-14,18-19H,3-4,15H2,1-2H3. The predicted molar refractivity (Wildman–Crippen MR) is 94.4 cm³/mol. The van der Waals surface area contributed by atoms with Gasteiger partial charge in [-0.3, -0.25) is 9.40 Å². The fourth-order valence-electron chi connectivity index (χ4n) is 2.27. The summed E-state index contributed by atoms with van der Waals surface area (Å²) < 4.78 is 24.1. The number of hydroxylamine groups is 1. The Bertz CT molecular complexity index is 626. The van der Waals surface area contributed by atoms with Gasteiger partial charge in [0.2, 0.25) is 0 Å². The minimum Gasteiger partial charge on any atom is -0.307 e. The highest BCUT2D eigenvalue weighted by Crippen LogP contribution is 2.59. The van der Waals surface area contributed by atoms with Gasteiger partial charge in [-0.05, 0) is 25.0 Å². The maximum atomic E-state index is 13.2. The Labute approximate surface area is 143 Å². The average Bonchev–Trinajstić information content (AvgIpc) is 2.61. The second kappa shape index (κ2) is 9.72. The molecule has 0 aliphatic carbocycles. The van der Waals surface area contributed by atoms with Crippen LogP contribution >= 0.6 is 7.60 Å². The molecule has 0 aliphatic heterocycles. The van der Waals surface area contributed by atoms with Crippen molar-refractivity contribution >= 4 is 7.60 Å². The van der Waals surface area contributed by atoms with Gasteiger partial charge >= 0.3 is 7.60 Å². The summed E-state index contributed by atoms with van der Waals surface area (Å²) in [5, 5.41) is 0. The molecule has 0 radical (unpaired) electrons. The van der Waals surface area contributed by atoms with Crippen LogP contribution in [0.4, 0.5) is 0 Å². The van der Waals surface area contributed by atoms with Crippen molar-refractivity contribution < 1.29 is 18.5 Å². The van der Waals surface area contributed by atoms with Crippen molar-refractivity contribution in [1.82, 2.24) is 5.48 Å². The van der Waals surface area contributed by atoms with E-state index in [4.69, 9.17) is 13.9 Å². The van der Waals surface area contributed by atoms with Gasteiger partial charge in [-0.2, -0.15) is 5.48 Å². The molecule has 0 spiro atoms. The largest absolute Gasteiger partial charge is 0.354 e. The molecule has 0 aromatic heterocycles. The molecule has 0 saturated carbocycles. The predicted octanol–water partition coefficient (Wildman–Crippen LogP) is 4.67. The van der Waals surface area contributed by atoms with Crippen LogP contribution in [0.1, 0.15) is 30.8 Å². The van der Waals surface area contributed by atoms with Crippen LogP contribution in [-0.4, -0.2) is 13.2 Å². The summed E-state index contributed by atoms with van der Waals surface area (Å²) in [5.74, 6) is -0.692. The molecule has 2 aromatic rings. The molecule has 0 saturated heterocycles. The molecule has 130 valence electrons. The van der Waals surface area contributed by atoms with Crippen molar-refractivity contribution in [2.24, 2.45) is 0 Å². The summed E-state index contributed by atoms with van der Waals surface area (Å²) in [6.07, 6.45) is 0. The summed E-state index contributed by atoms with van der Waals surface area (Å²) in [4.78, 5) is 5.59. The third kappa shape index (κ3) is 5.26. The molecule has 1 atom stereocenters. The van der Waals surface area contributed by atoms with Gasteiger partial charge in [0.1, 0.15) is 0 Å². The minimum atomic E-state index is -3.41. The van der Waals surface area contributed by atoms with Gasteiger partial charge in [-0.1, -0.05) is 60.7 Å². The first kappa shape index (κ1) is 18.8. The number of hydrogen-bond acceptors (Lipinski definition) is 5. The zero-order valence-electron chi connectivity index (χ0n) is 14.1. The Morgan fingerprint density at radius 3 is 2.00 bits per heavy atom. The maximum absolute atomic E-state index is 13.2. The minimum absolute atomic E-state index is 0.293. The van der Waals surface area contributed by atoms with Crippen molar-refractivity contribution in [2.75, 3.05) is 13.2 Å². The highest BCUT2D eigenvalue weighted by atomic mass is 31.2. The van der Waals surface area contributed by atoms with Gasteiger partial charge in [-0.25, -0.2) is 0 Å². The van der Waals surface area contributed by atoms with E-state index in [1.165, 1.54) is 0 Å². The monoisotopic (exact) mass is 349 g/mol. The second-order valence-corrected chi connectivity index (χ2v) is 7.19. The molecule has 2 aromatic carbocycles. The van der Waals surface area contributed by atoms with Crippen molar-refractivity contribution in [3.05, 3.63) is 71.8 Å². The van der Waals surface area contributed by atoms with E-state index in [1.54, 1.807) is 13.8 Å². The number of benzene rings is 2. The fourth-order valence-corrected chi connectivity index (χ4v) is 4.11. The number of nitrogens with one attached hydrogen (secondary N) is 1. The van der Waals surface area contributed by atoms with E-state index in [0.29, 0.717) is 19.8 Å². The Kier molecular flexibility index (Phi) is 7.63. The van der Waals surface area contributed by atoms with Crippen molar-refractivity contribution in [1.29, 1.82) is 0 Å². The molecule has 1 N–H and O–H groups in total. The normalized spacial score (nSPS) is 12.9. The summed E-state index contributed by atoms with van der Waals surface area (Å²) in [6, 6.07) is 19.2. The highest BCUT2D eigenvalue weighted by molar-refractivity contribution is 7.54. The van der Waals surface area contributed by atoms with Crippen molar-refractivity contribution in [3.63, 3.8) is 0 Å². The molecule has 0 bridgehead atoms. The van der Waals surface area contributed by atoms with Crippen LogP contribution in [0.15, 0.2) is 60.7 Å². The van der Waals surface area contributed by atoms with E-state index in [2.05, 4.69) is 5.48 Å². The van der Waals surface area contributed by atoms with Crippen LogP contribution in [0.2, 0.25) is 0 Å². The van der Waals surface area contributed by atoms with E-state index in [-0.39, 0.29) is 0 Å². The Balaban J connectivity index is 2.15. The number of hydrogen-bond donors (Lipinski definition) is 1. The van der Waals surface area contributed by atoms with E-state index in [0.717, 1.165) is 11.1 Å². The lowest BCUT2D eigenvalue weighted by atomic mass is 10.2. The van der Waals surface area contributed by atoms with Crippen LogP contribution in [-0.2, 0) is 25.1 Å². The van der Waals surface area contributed by atoms with Crippen LogP contribution in [0.5, 0.6) is 0 Å². The molecule has 0 heterocycles. The summed E-state index contributed by atoms with van der Waals surface area (Å²) in [5.41, 5.74) is 4.68. The van der Waals surface area contributed by atoms with Gasteiger partial charge in [0.25, 0.3) is 0 Å². The molecular weight excluding hydrogens is 325 g/mol. The molecule has 1 unspecified atom stereocenters. The first-order valence-corrected chi connectivity index (χ1v) is 9.65. The maximum Gasteiger partial charge on any atom is 0.354 e. The van der Waals surface area contributed by atoms with Crippen LogP contribution in [0.3, 0.4) is 0 Å².